The number of rotatable bonds is 13. The minimum absolute atomic E-state index is 0.0546. The molecule has 1 aliphatic carbocycles. The van der Waals surface area contributed by atoms with Crippen molar-refractivity contribution in [2.75, 3.05) is 0 Å². The Kier molecular flexibility index (Phi) is 12.2. The maximum absolute atomic E-state index is 13.8. The molecule has 0 fully saturated rings. The minimum atomic E-state index is -1.29. The first kappa shape index (κ1) is 30.4. The second kappa shape index (κ2) is 14.1. The van der Waals surface area contributed by atoms with Gasteiger partial charge in [-0.25, -0.2) is 0 Å². The van der Waals surface area contributed by atoms with Gasteiger partial charge in [-0.15, -0.1) is 0 Å². The first-order chi connectivity index (χ1) is 16.3. The van der Waals surface area contributed by atoms with Crippen LogP contribution in [0.2, 0.25) is 0 Å². The number of aliphatic hydroxyl groups is 2. The highest BCUT2D eigenvalue weighted by Gasteiger charge is 2.47. The molecule has 0 spiro atoms. The van der Waals surface area contributed by atoms with E-state index < -0.39 is 17.0 Å². The number of carbonyl (C=O) groups excluding carboxylic acids is 2. The van der Waals surface area contributed by atoms with Crippen LogP contribution < -0.4 is 0 Å². The van der Waals surface area contributed by atoms with Crippen molar-refractivity contribution in [1.29, 1.82) is 0 Å². The Morgan fingerprint density at radius 1 is 0.857 bits per heavy atom. The molecule has 1 rings (SSSR count). The standard InChI is InChI=1S/C31H46O4/c1-21(2)11-9-13-24(7)15-17-31(18-16-25(8)14-10-12-22(3)4)28(34)20-27(33)29(30(31)35)26(32)19-23(5)6/h11-12,15-16,20,23,33-34H,9-10,13-14,17-19H2,1-8H3/b24-15+,25-16+. The van der Waals surface area contributed by atoms with Gasteiger partial charge in [0.15, 0.2) is 11.6 Å². The Morgan fingerprint density at radius 3 is 1.71 bits per heavy atom. The van der Waals surface area contributed by atoms with Gasteiger partial charge in [0.2, 0.25) is 0 Å². The Hall–Kier alpha value is -2.62. The molecular formula is C31H46O4. The van der Waals surface area contributed by atoms with E-state index >= 15 is 0 Å². The number of allylic oxidation sites excluding steroid dienone is 11. The van der Waals surface area contributed by atoms with Crippen molar-refractivity contribution in [1.82, 2.24) is 0 Å². The van der Waals surface area contributed by atoms with Crippen LogP contribution in [-0.2, 0) is 9.59 Å². The fourth-order valence-electron chi connectivity index (χ4n) is 4.11. The largest absolute Gasteiger partial charge is 0.511 e. The van der Waals surface area contributed by atoms with Crippen LogP contribution in [0.3, 0.4) is 0 Å². The summed E-state index contributed by atoms with van der Waals surface area (Å²) in [5.41, 5.74) is 3.31. The minimum Gasteiger partial charge on any atom is -0.511 e. The SMILES string of the molecule is CC(C)=CCC/C(C)=C/CC1(C/C=C(\C)CCC=C(C)C)C(=O)C(C(=O)CC(C)C)=C(O)C=C1O. The van der Waals surface area contributed by atoms with Crippen molar-refractivity contribution >= 4 is 11.6 Å². The average molecular weight is 483 g/mol. The van der Waals surface area contributed by atoms with Gasteiger partial charge in [0, 0.05) is 12.5 Å². The van der Waals surface area contributed by atoms with Crippen LogP contribution in [0.15, 0.2) is 69.8 Å². The lowest BCUT2D eigenvalue weighted by Crippen LogP contribution is -2.39. The summed E-state index contributed by atoms with van der Waals surface area (Å²) < 4.78 is 0. The lowest BCUT2D eigenvalue weighted by Gasteiger charge is -2.34. The molecule has 35 heavy (non-hydrogen) atoms. The van der Waals surface area contributed by atoms with E-state index in [1.54, 1.807) is 0 Å². The van der Waals surface area contributed by atoms with Crippen molar-refractivity contribution in [3.05, 3.63) is 69.8 Å². The molecule has 0 amide bonds. The van der Waals surface area contributed by atoms with E-state index in [9.17, 15) is 19.8 Å². The highest BCUT2D eigenvalue weighted by molar-refractivity contribution is 6.24. The van der Waals surface area contributed by atoms with Gasteiger partial charge in [-0.05, 0) is 86.0 Å². The number of ketones is 2. The molecule has 194 valence electrons. The van der Waals surface area contributed by atoms with E-state index in [2.05, 4.69) is 39.8 Å². The zero-order valence-corrected chi connectivity index (χ0v) is 23.1. The van der Waals surface area contributed by atoms with Crippen molar-refractivity contribution < 1.29 is 19.8 Å². The molecule has 4 heteroatoms. The van der Waals surface area contributed by atoms with Crippen molar-refractivity contribution in [2.45, 2.75) is 100 Å². The number of aliphatic hydroxyl groups excluding tert-OH is 2. The fraction of sp³-hybridized carbons (Fsp3) is 0.548. The second-order valence-corrected chi connectivity index (χ2v) is 10.9. The molecule has 0 atom stereocenters. The van der Waals surface area contributed by atoms with Gasteiger partial charge in [-0.1, -0.05) is 60.4 Å². The molecule has 0 saturated carbocycles. The van der Waals surface area contributed by atoms with Crippen LogP contribution in [0.4, 0.5) is 0 Å². The Bertz CT molecular complexity index is 916. The van der Waals surface area contributed by atoms with E-state index in [0.717, 1.165) is 36.8 Å². The van der Waals surface area contributed by atoms with Crippen LogP contribution in [0, 0.1) is 11.3 Å². The molecule has 0 aromatic rings. The average Bonchev–Trinajstić information content (AvgIpc) is 2.72. The number of hydrogen-bond donors (Lipinski definition) is 2. The molecule has 1 aliphatic rings. The van der Waals surface area contributed by atoms with Gasteiger partial charge in [0.05, 0.1) is 5.41 Å². The predicted molar refractivity (Wildman–Crippen MR) is 146 cm³/mol. The third-order valence-corrected chi connectivity index (χ3v) is 6.33. The molecule has 0 heterocycles. The van der Waals surface area contributed by atoms with Gasteiger partial charge >= 0.3 is 0 Å². The zero-order valence-electron chi connectivity index (χ0n) is 23.1. The summed E-state index contributed by atoms with van der Waals surface area (Å²) in [4.78, 5) is 26.7. The summed E-state index contributed by atoms with van der Waals surface area (Å²) in [6.45, 7) is 16.1. The lowest BCUT2D eigenvalue weighted by molar-refractivity contribution is -0.128. The molecule has 0 aromatic carbocycles. The molecule has 0 aromatic heterocycles. The van der Waals surface area contributed by atoms with Crippen LogP contribution in [-0.4, -0.2) is 21.8 Å². The van der Waals surface area contributed by atoms with Crippen LogP contribution in [0.25, 0.3) is 0 Å². The van der Waals surface area contributed by atoms with E-state index in [1.165, 1.54) is 17.2 Å². The number of hydrogen-bond acceptors (Lipinski definition) is 4. The van der Waals surface area contributed by atoms with Crippen molar-refractivity contribution in [3.8, 4) is 0 Å². The highest BCUT2D eigenvalue weighted by Crippen LogP contribution is 2.43. The molecular weight excluding hydrogens is 436 g/mol. The summed E-state index contributed by atoms with van der Waals surface area (Å²) in [5, 5.41) is 21.5. The Balaban J connectivity index is 3.36. The zero-order chi connectivity index (χ0) is 26.8. The first-order valence-corrected chi connectivity index (χ1v) is 12.8. The van der Waals surface area contributed by atoms with E-state index in [0.29, 0.717) is 0 Å². The van der Waals surface area contributed by atoms with Gasteiger partial charge < -0.3 is 10.2 Å². The van der Waals surface area contributed by atoms with Gasteiger partial charge in [0.25, 0.3) is 0 Å². The molecule has 4 nitrogen and oxygen atoms in total. The van der Waals surface area contributed by atoms with Crippen molar-refractivity contribution in [3.63, 3.8) is 0 Å². The number of Topliss-reactive ketones (excluding diaryl/α,β-unsaturated/α-hetero) is 2. The second-order valence-electron chi connectivity index (χ2n) is 10.9. The predicted octanol–water partition coefficient (Wildman–Crippen LogP) is 8.59. The summed E-state index contributed by atoms with van der Waals surface area (Å²) in [5.74, 6) is -1.41. The quantitative estimate of drug-likeness (QED) is 0.204. The molecule has 0 saturated heterocycles. The Labute approximate surface area is 212 Å². The lowest BCUT2D eigenvalue weighted by atomic mass is 9.68. The normalized spacial score (nSPS) is 19.1. The fourth-order valence-corrected chi connectivity index (χ4v) is 4.11. The van der Waals surface area contributed by atoms with Crippen LogP contribution in [0.5, 0.6) is 0 Å². The smallest absolute Gasteiger partial charge is 0.184 e. The van der Waals surface area contributed by atoms with E-state index in [4.69, 9.17) is 0 Å². The maximum atomic E-state index is 13.8. The van der Waals surface area contributed by atoms with Gasteiger partial charge in [-0.2, -0.15) is 0 Å². The monoisotopic (exact) mass is 482 g/mol. The van der Waals surface area contributed by atoms with Crippen molar-refractivity contribution in [2.24, 2.45) is 11.3 Å². The molecule has 0 aliphatic heterocycles. The topological polar surface area (TPSA) is 74.6 Å². The first-order valence-electron chi connectivity index (χ1n) is 12.8. The third kappa shape index (κ3) is 9.51. The molecule has 0 unspecified atom stereocenters. The summed E-state index contributed by atoms with van der Waals surface area (Å²) in [6, 6.07) is 0. The Morgan fingerprint density at radius 2 is 1.31 bits per heavy atom. The third-order valence-electron chi connectivity index (χ3n) is 6.33. The van der Waals surface area contributed by atoms with Crippen LogP contribution in [0.1, 0.15) is 100 Å². The number of carbonyl (C=O) groups is 2. The summed E-state index contributed by atoms with van der Waals surface area (Å²) >= 11 is 0. The van der Waals surface area contributed by atoms with Crippen LogP contribution >= 0.6 is 0 Å². The maximum Gasteiger partial charge on any atom is 0.184 e. The molecule has 0 bridgehead atoms. The van der Waals surface area contributed by atoms with E-state index in [-0.39, 0.29) is 42.3 Å². The van der Waals surface area contributed by atoms with E-state index in [1.807, 2.05) is 39.8 Å². The molecule has 2 N–H and O–H groups in total. The van der Waals surface area contributed by atoms with Gasteiger partial charge in [-0.3, -0.25) is 9.59 Å². The van der Waals surface area contributed by atoms with Gasteiger partial charge in [0.1, 0.15) is 17.1 Å². The summed E-state index contributed by atoms with van der Waals surface area (Å²) in [6.07, 6.45) is 13.8. The summed E-state index contributed by atoms with van der Waals surface area (Å²) in [7, 11) is 0. The highest BCUT2D eigenvalue weighted by atomic mass is 16.3. The molecule has 0 radical (unpaired) electrons.